The molecule has 0 aliphatic heterocycles. The van der Waals surface area contributed by atoms with Crippen molar-refractivity contribution in [2.75, 3.05) is 5.32 Å². The maximum atomic E-state index is 12.5. The van der Waals surface area contributed by atoms with Crippen molar-refractivity contribution in [1.29, 1.82) is 0 Å². The Morgan fingerprint density at radius 1 is 1.03 bits per heavy atom. The first-order valence-corrected chi connectivity index (χ1v) is 10.2. The van der Waals surface area contributed by atoms with Crippen LogP contribution in [-0.2, 0) is 25.7 Å². The van der Waals surface area contributed by atoms with Crippen LogP contribution in [0.1, 0.15) is 58.1 Å². The van der Waals surface area contributed by atoms with Crippen molar-refractivity contribution in [2.45, 2.75) is 45.4 Å². The number of aromatic amines is 1. The molecule has 3 aromatic rings. The summed E-state index contributed by atoms with van der Waals surface area (Å²) in [6.45, 7) is 2.09. The average molecular weight is 387 g/mol. The fraction of sp³-hybridized carbons (Fsp3) is 0.292. The Morgan fingerprint density at radius 2 is 1.79 bits per heavy atom. The summed E-state index contributed by atoms with van der Waals surface area (Å²) in [7, 11) is 0. The number of benzene rings is 2. The van der Waals surface area contributed by atoms with E-state index in [0.717, 1.165) is 60.2 Å². The van der Waals surface area contributed by atoms with E-state index in [4.69, 9.17) is 0 Å². The first-order valence-electron chi connectivity index (χ1n) is 10.2. The number of carbonyl (C=O) groups excluding carboxylic acids is 1. The topological polar surface area (TPSA) is 74.8 Å². The highest BCUT2D eigenvalue weighted by Gasteiger charge is 2.18. The Kier molecular flexibility index (Phi) is 5.56. The van der Waals surface area contributed by atoms with Crippen LogP contribution in [0.25, 0.3) is 0 Å². The van der Waals surface area contributed by atoms with E-state index in [2.05, 4.69) is 22.4 Å². The predicted molar refractivity (Wildman–Crippen MR) is 115 cm³/mol. The smallest absolute Gasteiger partial charge is 0.267 e. The first kappa shape index (κ1) is 19.1. The number of amides is 1. The van der Waals surface area contributed by atoms with E-state index in [1.165, 1.54) is 5.56 Å². The SMILES string of the molecule is CCc1ccc(C(=O)Nc2cccc(Cc3n[nH]c(=O)c4c3CCCC4)c2)cc1. The quantitative estimate of drug-likeness (QED) is 0.693. The van der Waals surface area contributed by atoms with Crippen LogP contribution in [-0.4, -0.2) is 16.1 Å². The molecule has 2 N–H and O–H groups in total. The van der Waals surface area contributed by atoms with E-state index in [1.807, 2.05) is 48.5 Å². The third kappa shape index (κ3) is 4.29. The highest BCUT2D eigenvalue weighted by Crippen LogP contribution is 2.23. The monoisotopic (exact) mass is 387 g/mol. The minimum Gasteiger partial charge on any atom is -0.322 e. The lowest BCUT2D eigenvalue weighted by Gasteiger charge is -2.17. The van der Waals surface area contributed by atoms with Crippen LogP contribution < -0.4 is 10.9 Å². The number of hydrogen-bond donors (Lipinski definition) is 2. The van der Waals surface area contributed by atoms with Gasteiger partial charge in [-0.15, -0.1) is 0 Å². The van der Waals surface area contributed by atoms with Gasteiger partial charge < -0.3 is 5.32 Å². The molecule has 0 radical (unpaired) electrons. The van der Waals surface area contributed by atoms with Gasteiger partial charge in [0.05, 0.1) is 5.69 Å². The molecule has 5 nitrogen and oxygen atoms in total. The number of H-pyrrole nitrogens is 1. The van der Waals surface area contributed by atoms with Crippen molar-refractivity contribution in [3.8, 4) is 0 Å². The molecule has 0 saturated carbocycles. The molecule has 0 atom stereocenters. The lowest BCUT2D eigenvalue weighted by Crippen LogP contribution is -2.23. The van der Waals surface area contributed by atoms with E-state index in [1.54, 1.807) is 0 Å². The van der Waals surface area contributed by atoms with E-state index in [9.17, 15) is 9.59 Å². The molecule has 0 bridgehead atoms. The molecule has 1 aliphatic carbocycles. The normalized spacial score (nSPS) is 13.0. The van der Waals surface area contributed by atoms with Crippen LogP contribution in [0.2, 0.25) is 0 Å². The third-order valence-corrected chi connectivity index (χ3v) is 5.56. The number of aryl methyl sites for hydroxylation is 1. The van der Waals surface area contributed by atoms with Crippen molar-refractivity contribution in [3.05, 3.63) is 92.4 Å². The zero-order valence-corrected chi connectivity index (χ0v) is 16.6. The van der Waals surface area contributed by atoms with E-state index in [0.29, 0.717) is 12.0 Å². The van der Waals surface area contributed by atoms with Gasteiger partial charge in [0, 0.05) is 23.2 Å². The second-order valence-electron chi connectivity index (χ2n) is 7.55. The van der Waals surface area contributed by atoms with E-state index < -0.39 is 0 Å². The second-order valence-corrected chi connectivity index (χ2v) is 7.55. The van der Waals surface area contributed by atoms with Gasteiger partial charge in [-0.1, -0.05) is 31.2 Å². The molecule has 5 heteroatoms. The summed E-state index contributed by atoms with van der Waals surface area (Å²) >= 11 is 0. The highest BCUT2D eigenvalue weighted by molar-refractivity contribution is 6.04. The van der Waals surface area contributed by atoms with Gasteiger partial charge in [-0.25, -0.2) is 5.10 Å². The van der Waals surface area contributed by atoms with Crippen molar-refractivity contribution in [1.82, 2.24) is 10.2 Å². The number of anilines is 1. The molecule has 1 heterocycles. The molecule has 1 amide bonds. The Labute approximate surface area is 170 Å². The number of rotatable bonds is 5. The van der Waals surface area contributed by atoms with Gasteiger partial charge >= 0.3 is 0 Å². The van der Waals surface area contributed by atoms with Gasteiger partial charge in [-0.2, -0.15) is 5.10 Å². The summed E-state index contributed by atoms with van der Waals surface area (Å²) in [6, 6.07) is 15.5. The number of hydrogen-bond acceptors (Lipinski definition) is 3. The van der Waals surface area contributed by atoms with E-state index in [-0.39, 0.29) is 11.5 Å². The van der Waals surface area contributed by atoms with Crippen molar-refractivity contribution >= 4 is 11.6 Å². The maximum absolute atomic E-state index is 12.5. The molecule has 0 spiro atoms. The lowest BCUT2D eigenvalue weighted by atomic mass is 9.90. The number of nitrogens with one attached hydrogen (secondary N) is 2. The van der Waals surface area contributed by atoms with Crippen LogP contribution in [0, 0.1) is 0 Å². The van der Waals surface area contributed by atoms with Crippen molar-refractivity contribution in [3.63, 3.8) is 0 Å². The summed E-state index contributed by atoms with van der Waals surface area (Å²) in [5, 5.41) is 9.94. The Bertz CT molecular complexity index is 1080. The molecular weight excluding hydrogens is 362 g/mol. The fourth-order valence-corrected chi connectivity index (χ4v) is 3.92. The summed E-state index contributed by atoms with van der Waals surface area (Å²) in [5.41, 5.74) is 6.52. The van der Waals surface area contributed by atoms with Gasteiger partial charge in [-0.05, 0) is 73.1 Å². The number of fused-ring (bicyclic) bond motifs is 1. The zero-order chi connectivity index (χ0) is 20.2. The molecule has 1 aromatic heterocycles. The molecule has 0 fully saturated rings. The third-order valence-electron chi connectivity index (χ3n) is 5.56. The van der Waals surface area contributed by atoms with Crippen molar-refractivity contribution < 1.29 is 4.79 Å². The van der Waals surface area contributed by atoms with Crippen LogP contribution in [0.4, 0.5) is 5.69 Å². The zero-order valence-electron chi connectivity index (χ0n) is 16.6. The fourth-order valence-electron chi connectivity index (χ4n) is 3.92. The highest BCUT2D eigenvalue weighted by atomic mass is 16.1. The number of carbonyl (C=O) groups is 1. The molecule has 2 aromatic carbocycles. The van der Waals surface area contributed by atoms with E-state index >= 15 is 0 Å². The summed E-state index contributed by atoms with van der Waals surface area (Å²) in [4.78, 5) is 24.6. The lowest BCUT2D eigenvalue weighted by molar-refractivity contribution is 0.102. The second kappa shape index (κ2) is 8.43. The standard InChI is InChI=1S/C24H25N3O2/c1-2-16-10-12-18(13-11-16)23(28)25-19-7-5-6-17(14-19)15-22-20-8-3-4-9-21(20)24(29)27-26-22/h5-7,10-14H,2-4,8-9,15H2,1H3,(H,25,28)(H,27,29). The molecule has 148 valence electrons. The first-order chi connectivity index (χ1) is 14.1. The van der Waals surface area contributed by atoms with Gasteiger partial charge in [0.2, 0.25) is 0 Å². The van der Waals surface area contributed by atoms with Crippen LogP contribution in [0.5, 0.6) is 0 Å². The van der Waals surface area contributed by atoms with Gasteiger partial charge in [-0.3, -0.25) is 9.59 Å². The molecule has 1 aliphatic rings. The van der Waals surface area contributed by atoms with Crippen LogP contribution in [0.15, 0.2) is 53.3 Å². The summed E-state index contributed by atoms with van der Waals surface area (Å²) < 4.78 is 0. The minimum atomic E-state index is -0.121. The number of nitrogens with zero attached hydrogens (tertiary/aromatic N) is 1. The predicted octanol–water partition coefficient (Wildman–Crippen LogP) is 4.05. The summed E-state index contributed by atoms with van der Waals surface area (Å²) in [5.74, 6) is -0.121. The average Bonchev–Trinajstić information content (AvgIpc) is 2.76. The molecule has 29 heavy (non-hydrogen) atoms. The van der Waals surface area contributed by atoms with Crippen LogP contribution >= 0.6 is 0 Å². The van der Waals surface area contributed by atoms with Crippen LogP contribution in [0.3, 0.4) is 0 Å². The van der Waals surface area contributed by atoms with Crippen molar-refractivity contribution in [2.24, 2.45) is 0 Å². The van der Waals surface area contributed by atoms with Gasteiger partial charge in [0.25, 0.3) is 11.5 Å². The van der Waals surface area contributed by atoms with Gasteiger partial charge in [0.15, 0.2) is 0 Å². The summed E-state index contributed by atoms with van der Waals surface area (Å²) in [6.07, 6.45) is 5.47. The molecular formula is C24H25N3O2. The Morgan fingerprint density at radius 3 is 2.55 bits per heavy atom. The Hall–Kier alpha value is -3.21. The molecule has 0 unspecified atom stereocenters. The largest absolute Gasteiger partial charge is 0.322 e. The molecule has 4 rings (SSSR count). The Balaban J connectivity index is 1.52. The van der Waals surface area contributed by atoms with Gasteiger partial charge in [0.1, 0.15) is 0 Å². The minimum absolute atomic E-state index is 0.0569. The molecule has 0 saturated heterocycles. The number of aromatic nitrogens is 2. The maximum Gasteiger partial charge on any atom is 0.267 e.